The lowest BCUT2D eigenvalue weighted by molar-refractivity contribution is -0.132. The first-order valence-corrected chi connectivity index (χ1v) is 12.9. The summed E-state index contributed by atoms with van der Waals surface area (Å²) in [6, 6.07) is 12.9. The molecule has 3 N–H and O–H groups in total. The highest BCUT2D eigenvalue weighted by molar-refractivity contribution is 14.1. The molecule has 1 amide bonds. The van der Waals surface area contributed by atoms with Gasteiger partial charge in [-0.15, -0.1) is 0 Å². The van der Waals surface area contributed by atoms with Crippen molar-refractivity contribution in [3.8, 4) is 0 Å². The summed E-state index contributed by atoms with van der Waals surface area (Å²) in [6.45, 7) is 0. The molecule has 1 aliphatic heterocycles. The number of rotatable bonds is 4. The molecule has 1 aliphatic carbocycles. The van der Waals surface area contributed by atoms with Crippen LogP contribution in [0.25, 0.3) is 15.9 Å². The van der Waals surface area contributed by atoms with Gasteiger partial charge in [-0.25, -0.2) is 9.78 Å². The standard InChI is InChI=1S/C24H17BrIN3O4S/c1-29-17-10-18(30)15(23(32)33)9-14(17)20(26)21(29)11-2-4-12(5-3-11)22(31)28-24-27-16-7-6-13(25)8-19(16)34-24/h2-10,14,17,30H,1H3,(H,32,33)(H,27,28,31). The Morgan fingerprint density at radius 1 is 1.18 bits per heavy atom. The number of carbonyl (C=O) groups is 2. The number of carboxylic acid groups (broad SMARTS) is 1. The second-order valence-electron chi connectivity index (χ2n) is 7.92. The Balaban J connectivity index is 1.38. The number of benzene rings is 2. The van der Waals surface area contributed by atoms with Crippen molar-refractivity contribution in [2.45, 2.75) is 6.04 Å². The van der Waals surface area contributed by atoms with E-state index in [0.717, 1.165) is 29.5 Å². The van der Waals surface area contributed by atoms with Crippen molar-refractivity contribution < 1.29 is 19.8 Å². The zero-order valence-corrected chi connectivity index (χ0v) is 22.2. The summed E-state index contributed by atoms with van der Waals surface area (Å²) in [5, 5.41) is 22.9. The van der Waals surface area contributed by atoms with Crippen molar-refractivity contribution >= 4 is 82.8 Å². The third-order valence-electron chi connectivity index (χ3n) is 5.86. The first kappa shape index (κ1) is 23.1. The van der Waals surface area contributed by atoms with Crippen LogP contribution in [0.15, 0.2) is 74.0 Å². The lowest BCUT2D eigenvalue weighted by atomic mass is 9.91. The maximum Gasteiger partial charge on any atom is 0.339 e. The van der Waals surface area contributed by atoms with E-state index in [1.807, 2.05) is 42.3 Å². The molecule has 10 heteroatoms. The summed E-state index contributed by atoms with van der Waals surface area (Å²) in [5.74, 6) is -1.78. The fourth-order valence-corrected chi connectivity index (χ4v) is 6.85. The van der Waals surface area contributed by atoms with Crippen molar-refractivity contribution in [3.05, 3.63) is 85.1 Å². The maximum atomic E-state index is 12.8. The molecule has 0 fully saturated rings. The highest BCUT2D eigenvalue weighted by atomic mass is 127. The van der Waals surface area contributed by atoms with Crippen LogP contribution in [0.1, 0.15) is 15.9 Å². The van der Waals surface area contributed by atoms with E-state index in [2.05, 4.69) is 48.8 Å². The van der Waals surface area contributed by atoms with E-state index in [0.29, 0.717) is 10.7 Å². The van der Waals surface area contributed by atoms with E-state index in [1.54, 1.807) is 24.3 Å². The van der Waals surface area contributed by atoms with Gasteiger partial charge < -0.3 is 15.1 Å². The number of aliphatic hydroxyl groups excluding tert-OH is 1. The van der Waals surface area contributed by atoms with Crippen LogP contribution in [0.3, 0.4) is 0 Å². The molecule has 0 bridgehead atoms. The van der Waals surface area contributed by atoms with Gasteiger partial charge in [-0.1, -0.05) is 45.5 Å². The molecule has 2 aromatic carbocycles. The predicted molar refractivity (Wildman–Crippen MR) is 144 cm³/mol. The Hall–Kier alpha value is -2.70. The normalized spacial score (nSPS) is 19.7. The Bertz CT molecular complexity index is 1440. The maximum absolute atomic E-state index is 12.8. The first-order chi connectivity index (χ1) is 16.2. The molecule has 2 unspecified atom stereocenters. The second kappa shape index (κ2) is 8.82. The van der Waals surface area contributed by atoms with E-state index in [4.69, 9.17) is 0 Å². The van der Waals surface area contributed by atoms with Crippen molar-refractivity contribution in [2.24, 2.45) is 5.92 Å². The van der Waals surface area contributed by atoms with Crippen LogP contribution in [0.5, 0.6) is 0 Å². The SMILES string of the molecule is CN1C(c2ccc(C(=O)Nc3nc4ccc(Br)cc4s3)cc2)=C(I)C2C=C(C(=O)O)C(O)=CC21. The van der Waals surface area contributed by atoms with E-state index in [1.165, 1.54) is 11.3 Å². The van der Waals surface area contributed by atoms with Gasteiger partial charge in [0.15, 0.2) is 5.13 Å². The van der Waals surface area contributed by atoms with Crippen molar-refractivity contribution in [2.75, 3.05) is 12.4 Å². The van der Waals surface area contributed by atoms with Gasteiger partial charge in [0.05, 0.1) is 27.5 Å². The molecular formula is C24H17BrIN3O4S. The summed E-state index contributed by atoms with van der Waals surface area (Å²) in [7, 11) is 1.91. The van der Waals surface area contributed by atoms with E-state index in [-0.39, 0.29) is 29.2 Å². The number of nitrogens with zero attached hydrogens (tertiary/aromatic N) is 2. The number of fused-ring (bicyclic) bond motifs is 2. The number of halogens is 2. The summed E-state index contributed by atoms with van der Waals surface area (Å²) < 4.78 is 2.91. The van der Waals surface area contributed by atoms with Crippen LogP contribution < -0.4 is 5.32 Å². The number of aliphatic carboxylic acids is 1. The molecule has 3 aromatic rings. The minimum atomic E-state index is -1.15. The molecular weight excluding hydrogens is 633 g/mol. The third kappa shape index (κ3) is 4.03. The molecule has 34 heavy (non-hydrogen) atoms. The lowest BCUT2D eigenvalue weighted by Gasteiger charge is -2.28. The van der Waals surface area contributed by atoms with E-state index in [9.17, 15) is 19.8 Å². The smallest absolute Gasteiger partial charge is 0.339 e. The average molecular weight is 650 g/mol. The summed E-state index contributed by atoms with van der Waals surface area (Å²) >= 11 is 7.09. The van der Waals surface area contributed by atoms with Gasteiger partial charge >= 0.3 is 5.97 Å². The van der Waals surface area contributed by atoms with E-state index >= 15 is 0 Å². The largest absolute Gasteiger partial charge is 0.507 e. The van der Waals surface area contributed by atoms with Gasteiger partial charge in [0, 0.05) is 26.6 Å². The molecule has 0 saturated heterocycles. The number of carboxylic acids is 1. The molecule has 2 atom stereocenters. The Morgan fingerprint density at radius 3 is 2.62 bits per heavy atom. The molecule has 172 valence electrons. The van der Waals surface area contributed by atoms with Crippen molar-refractivity contribution in [1.82, 2.24) is 9.88 Å². The number of amides is 1. The molecule has 1 aromatic heterocycles. The minimum Gasteiger partial charge on any atom is -0.507 e. The summed E-state index contributed by atoms with van der Waals surface area (Å²) in [4.78, 5) is 30.7. The topological polar surface area (TPSA) is 103 Å². The second-order valence-corrected chi connectivity index (χ2v) is 11.0. The molecule has 2 heterocycles. The van der Waals surface area contributed by atoms with E-state index < -0.39 is 5.97 Å². The molecule has 5 rings (SSSR count). The van der Waals surface area contributed by atoms with Gasteiger partial charge in [-0.05, 0) is 64.6 Å². The number of aromatic nitrogens is 1. The zero-order valence-electron chi connectivity index (χ0n) is 17.6. The molecule has 7 nitrogen and oxygen atoms in total. The number of likely N-dealkylation sites (N-methyl/N-ethyl adjacent to an activating group) is 1. The monoisotopic (exact) mass is 649 g/mol. The molecule has 0 spiro atoms. The molecule has 2 aliphatic rings. The number of thiazole rings is 1. The van der Waals surface area contributed by atoms with Gasteiger partial charge in [0.25, 0.3) is 5.91 Å². The van der Waals surface area contributed by atoms with Crippen LogP contribution in [0.4, 0.5) is 5.13 Å². The van der Waals surface area contributed by atoms with Crippen molar-refractivity contribution in [1.29, 1.82) is 0 Å². The van der Waals surface area contributed by atoms with Gasteiger partial charge in [-0.2, -0.15) is 0 Å². The Labute approximate surface area is 220 Å². The average Bonchev–Trinajstić information content (AvgIpc) is 3.30. The van der Waals surface area contributed by atoms with Crippen molar-refractivity contribution in [3.63, 3.8) is 0 Å². The molecule has 0 radical (unpaired) electrons. The third-order valence-corrected chi connectivity index (χ3v) is 8.52. The lowest BCUT2D eigenvalue weighted by Crippen LogP contribution is -2.31. The number of anilines is 1. The van der Waals surface area contributed by atoms with Gasteiger partial charge in [0.2, 0.25) is 0 Å². The minimum absolute atomic E-state index is 0.0840. The quantitative estimate of drug-likeness (QED) is 0.308. The van der Waals surface area contributed by atoms with Crippen LogP contribution >= 0.6 is 49.9 Å². The van der Waals surface area contributed by atoms with Crippen LogP contribution in [0, 0.1) is 5.92 Å². The molecule has 0 saturated carbocycles. The fraction of sp³-hybridized carbons (Fsp3) is 0.125. The Kier molecular flexibility index (Phi) is 5.98. The van der Waals surface area contributed by atoms with Crippen LogP contribution in [-0.2, 0) is 4.79 Å². The van der Waals surface area contributed by atoms with Gasteiger partial charge in [0.1, 0.15) is 5.76 Å². The first-order valence-electron chi connectivity index (χ1n) is 10.2. The summed E-state index contributed by atoms with van der Waals surface area (Å²) in [5.41, 5.74) is 3.08. The fourth-order valence-electron chi connectivity index (χ4n) is 4.19. The highest BCUT2D eigenvalue weighted by Crippen LogP contribution is 2.46. The highest BCUT2D eigenvalue weighted by Gasteiger charge is 2.40. The summed E-state index contributed by atoms with van der Waals surface area (Å²) in [6.07, 6.45) is 3.18. The number of aliphatic hydroxyl groups is 1. The zero-order chi connectivity index (χ0) is 24.1. The Morgan fingerprint density at radius 2 is 1.91 bits per heavy atom. The predicted octanol–water partition coefficient (Wildman–Crippen LogP) is 5.81. The number of carbonyl (C=O) groups excluding carboxylic acids is 1. The number of nitrogens with one attached hydrogen (secondary N) is 1. The number of hydrogen-bond acceptors (Lipinski definition) is 6. The van der Waals surface area contributed by atoms with Crippen LogP contribution in [0.2, 0.25) is 0 Å². The van der Waals surface area contributed by atoms with Gasteiger partial charge in [-0.3, -0.25) is 10.1 Å². The number of hydrogen-bond donors (Lipinski definition) is 3. The van der Waals surface area contributed by atoms with Crippen LogP contribution in [-0.4, -0.2) is 45.1 Å².